The first-order valence-electron chi connectivity index (χ1n) is 2.78. The highest BCUT2D eigenvalue weighted by molar-refractivity contribution is 5.76. The van der Waals surface area contributed by atoms with E-state index in [0.29, 0.717) is 6.42 Å². The predicted octanol–water partition coefficient (Wildman–Crippen LogP) is 0.407. The van der Waals surface area contributed by atoms with Crippen molar-refractivity contribution in [3.05, 3.63) is 4.91 Å². The fourth-order valence-electron chi connectivity index (χ4n) is 0.397. The summed E-state index contributed by atoms with van der Waals surface area (Å²) < 4.78 is 0. The van der Waals surface area contributed by atoms with Crippen LogP contribution in [0.15, 0.2) is 5.18 Å². The van der Waals surface area contributed by atoms with E-state index in [0.717, 1.165) is 0 Å². The molecule has 9 heavy (non-hydrogen) atoms. The van der Waals surface area contributed by atoms with Gasteiger partial charge in [-0.05, 0) is 13.3 Å². The Balaban J connectivity index is 3.27. The summed E-state index contributed by atoms with van der Waals surface area (Å²) in [6.07, 6.45) is 0.700. The van der Waals surface area contributed by atoms with Gasteiger partial charge in [0.1, 0.15) is 0 Å². The summed E-state index contributed by atoms with van der Waals surface area (Å²) in [7, 11) is 0. The van der Waals surface area contributed by atoms with Crippen molar-refractivity contribution in [2.24, 2.45) is 10.9 Å². The van der Waals surface area contributed by atoms with Crippen LogP contribution < -0.4 is 5.73 Å². The third-order valence-corrected chi connectivity index (χ3v) is 0.915. The van der Waals surface area contributed by atoms with E-state index in [1.54, 1.807) is 6.92 Å². The van der Waals surface area contributed by atoms with Crippen LogP contribution in [0.25, 0.3) is 0 Å². The lowest BCUT2D eigenvalue weighted by Gasteiger charge is -1.98. The van der Waals surface area contributed by atoms with Crippen molar-refractivity contribution < 1.29 is 4.79 Å². The fraction of sp³-hybridized carbons (Fsp3) is 0.800. The lowest BCUT2D eigenvalue weighted by Crippen LogP contribution is -2.15. The van der Waals surface area contributed by atoms with Gasteiger partial charge in [-0.2, -0.15) is 0 Å². The van der Waals surface area contributed by atoms with Crippen LogP contribution in [-0.4, -0.2) is 11.9 Å². The number of amides is 1. The Morgan fingerprint density at radius 2 is 2.33 bits per heavy atom. The molecule has 0 bridgehead atoms. The minimum absolute atomic E-state index is 0.0318. The van der Waals surface area contributed by atoms with E-state index in [1.165, 1.54) is 0 Å². The number of hydrogen-bond acceptors (Lipinski definition) is 3. The molecular weight excluding hydrogens is 120 g/mol. The van der Waals surface area contributed by atoms with Gasteiger partial charge < -0.3 is 5.73 Å². The zero-order valence-corrected chi connectivity index (χ0v) is 5.33. The van der Waals surface area contributed by atoms with Gasteiger partial charge in [0.25, 0.3) is 5.91 Å². The molecule has 1 unspecified atom stereocenters. The molecule has 0 aliphatic carbocycles. The molecular formula is C5H10N2O2. The van der Waals surface area contributed by atoms with Crippen LogP contribution in [0.1, 0.15) is 19.8 Å². The predicted molar refractivity (Wildman–Crippen MR) is 33.7 cm³/mol. The van der Waals surface area contributed by atoms with Crippen LogP contribution in [0, 0.1) is 4.91 Å². The lowest BCUT2D eigenvalue weighted by atomic mass is 10.2. The van der Waals surface area contributed by atoms with E-state index in [4.69, 9.17) is 5.73 Å². The summed E-state index contributed by atoms with van der Waals surface area (Å²) in [6, 6.07) is -0.0318. The van der Waals surface area contributed by atoms with Gasteiger partial charge in [-0.25, -0.2) is 0 Å². The van der Waals surface area contributed by atoms with E-state index in [9.17, 15) is 9.70 Å². The Morgan fingerprint density at radius 3 is 2.67 bits per heavy atom. The molecule has 52 valence electrons. The van der Waals surface area contributed by atoms with Gasteiger partial charge in [0.2, 0.25) is 0 Å². The maximum Gasteiger partial charge on any atom is 0.286 e. The fourth-order valence-corrected chi connectivity index (χ4v) is 0.397. The molecule has 4 heteroatoms. The van der Waals surface area contributed by atoms with Crippen molar-refractivity contribution in [2.75, 3.05) is 0 Å². The van der Waals surface area contributed by atoms with E-state index in [2.05, 4.69) is 5.18 Å². The molecule has 0 saturated carbocycles. The number of carbonyl (C=O) groups is 1. The lowest BCUT2D eigenvalue weighted by molar-refractivity contribution is -0.118. The topological polar surface area (TPSA) is 72.5 Å². The molecule has 0 aromatic heterocycles. The normalized spacial score (nSPS) is 12.7. The molecule has 0 radical (unpaired) electrons. The zero-order chi connectivity index (χ0) is 7.28. The highest BCUT2D eigenvalue weighted by Gasteiger charge is 2.01. The highest BCUT2D eigenvalue weighted by Crippen LogP contribution is 1.94. The van der Waals surface area contributed by atoms with Gasteiger partial charge in [-0.15, -0.1) is 4.91 Å². The van der Waals surface area contributed by atoms with Crippen LogP contribution in [0.2, 0.25) is 0 Å². The van der Waals surface area contributed by atoms with Gasteiger partial charge in [0, 0.05) is 17.6 Å². The van der Waals surface area contributed by atoms with Gasteiger partial charge in [-0.1, -0.05) is 0 Å². The molecule has 0 heterocycles. The monoisotopic (exact) mass is 130 g/mol. The minimum atomic E-state index is -0.618. The Morgan fingerprint density at radius 1 is 1.78 bits per heavy atom. The minimum Gasteiger partial charge on any atom is -0.328 e. The third kappa shape index (κ3) is 5.10. The quantitative estimate of drug-likeness (QED) is 0.562. The van der Waals surface area contributed by atoms with Gasteiger partial charge in [0.05, 0.1) is 0 Å². The maximum atomic E-state index is 10.2. The molecule has 0 fully saturated rings. The number of rotatable bonds is 3. The van der Waals surface area contributed by atoms with Crippen LogP contribution in [0.5, 0.6) is 0 Å². The van der Waals surface area contributed by atoms with Crippen LogP contribution >= 0.6 is 0 Å². The van der Waals surface area contributed by atoms with Crippen LogP contribution in [0.4, 0.5) is 0 Å². The Kier molecular flexibility index (Phi) is 3.79. The summed E-state index contributed by atoms with van der Waals surface area (Å²) in [5, 5.41) is 2.22. The maximum absolute atomic E-state index is 10.2. The highest BCUT2D eigenvalue weighted by atomic mass is 16.3. The number of nitrogens with two attached hydrogens (primary N) is 1. The molecule has 4 nitrogen and oxygen atoms in total. The summed E-state index contributed by atoms with van der Waals surface area (Å²) >= 11 is 0. The zero-order valence-electron chi connectivity index (χ0n) is 5.33. The Labute approximate surface area is 53.4 Å². The van der Waals surface area contributed by atoms with Gasteiger partial charge in [0.15, 0.2) is 0 Å². The van der Waals surface area contributed by atoms with Gasteiger partial charge >= 0.3 is 0 Å². The molecule has 0 aliphatic heterocycles. The van der Waals surface area contributed by atoms with Crippen LogP contribution in [-0.2, 0) is 4.79 Å². The first-order valence-corrected chi connectivity index (χ1v) is 2.78. The third-order valence-electron chi connectivity index (χ3n) is 0.915. The summed E-state index contributed by atoms with van der Waals surface area (Å²) in [5.41, 5.74) is 5.30. The van der Waals surface area contributed by atoms with Crippen molar-refractivity contribution >= 4 is 5.91 Å². The molecule has 0 aromatic carbocycles. The average molecular weight is 130 g/mol. The van der Waals surface area contributed by atoms with Crippen LogP contribution in [0.3, 0.4) is 0 Å². The summed E-state index contributed by atoms with van der Waals surface area (Å²) in [5.74, 6) is -0.618. The number of hydrogen-bond donors (Lipinski definition) is 1. The van der Waals surface area contributed by atoms with E-state index >= 15 is 0 Å². The molecule has 0 rings (SSSR count). The SMILES string of the molecule is CC(N)CCC(=O)N=O. The second kappa shape index (κ2) is 4.14. The second-order valence-corrected chi connectivity index (χ2v) is 2.00. The van der Waals surface area contributed by atoms with Crippen molar-refractivity contribution in [3.63, 3.8) is 0 Å². The second-order valence-electron chi connectivity index (χ2n) is 2.00. The molecule has 1 atom stereocenters. The first-order chi connectivity index (χ1) is 4.16. The standard InChI is InChI=1S/C5H10N2O2/c1-4(6)2-3-5(8)7-9/h4H,2-3,6H2,1H3. The van der Waals surface area contributed by atoms with Crippen molar-refractivity contribution in [3.8, 4) is 0 Å². The van der Waals surface area contributed by atoms with E-state index in [-0.39, 0.29) is 12.5 Å². The number of carbonyl (C=O) groups excluding carboxylic acids is 1. The molecule has 0 aliphatic rings. The summed E-state index contributed by atoms with van der Waals surface area (Å²) in [4.78, 5) is 19.7. The Bertz CT molecular complexity index is 112. The van der Waals surface area contributed by atoms with E-state index in [1.807, 2.05) is 0 Å². The van der Waals surface area contributed by atoms with Crippen molar-refractivity contribution in [1.82, 2.24) is 0 Å². The van der Waals surface area contributed by atoms with Crippen molar-refractivity contribution in [1.29, 1.82) is 0 Å². The molecule has 0 saturated heterocycles. The molecule has 1 amide bonds. The summed E-state index contributed by atoms with van der Waals surface area (Å²) in [6.45, 7) is 1.78. The molecule has 0 aromatic rings. The van der Waals surface area contributed by atoms with E-state index < -0.39 is 5.91 Å². The smallest absolute Gasteiger partial charge is 0.286 e. The Hall–Kier alpha value is -0.770. The number of nitrogens with zero attached hydrogens (tertiary/aromatic N) is 1. The van der Waals surface area contributed by atoms with Crippen molar-refractivity contribution in [2.45, 2.75) is 25.8 Å². The molecule has 2 N–H and O–H groups in total. The van der Waals surface area contributed by atoms with Gasteiger partial charge in [-0.3, -0.25) is 4.79 Å². The average Bonchev–Trinajstić information content (AvgIpc) is 1.83. The largest absolute Gasteiger partial charge is 0.328 e. The number of nitroso groups, excluding NO2 is 1. The molecule has 0 spiro atoms. The first kappa shape index (κ1) is 8.23.